The molecule has 1 aromatic heterocycles. The lowest BCUT2D eigenvalue weighted by molar-refractivity contribution is -0.125. The van der Waals surface area contributed by atoms with Gasteiger partial charge in [0.25, 0.3) is 5.91 Å². The maximum Gasteiger partial charge on any atom is 0.286 e. The van der Waals surface area contributed by atoms with E-state index in [1.54, 1.807) is 11.0 Å². The Morgan fingerprint density at radius 3 is 2.39 bits per heavy atom. The molecule has 0 spiro atoms. The van der Waals surface area contributed by atoms with Gasteiger partial charge in [0, 0.05) is 38.9 Å². The van der Waals surface area contributed by atoms with Crippen molar-refractivity contribution in [1.29, 1.82) is 0 Å². The second-order valence-electron chi connectivity index (χ2n) is 8.37. The Labute approximate surface area is 183 Å². The van der Waals surface area contributed by atoms with Crippen LogP contribution in [0, 0.1) is 12.8 Å². The number of hydrogen-bond donors (Lipinski definition) is 0. The average Bonchev–Trinajstić information content (AvgIpc) is 2.74. The van der Waals surface area contributed by atoms with E-state index in [4.69, 9.17) is 0 Å². The normalized spacial score (nSPS) is 18.6. The molecule has 0 bridgehead atoms. The molecule has 2 aliphatic rings. The Bertz CT molecular complexity index is 1100. The molecule has 0 N–H and O–H groups in total. The smallest absolute Gasteiger partial charge is 0.286 e. The van der Waals surface area contributed by atoms with Crippen molar-refractivity contribution in [3.8, 4) is 0 Å². The van der Waals surface area contributed by atoms with E-state index in [1.165, 1.54) is 17.3 Å². The summed E-state index contributed by atoms with van der Waals surface area (Å²) in [6.45, 7) is 9.64. The van der Waals surface area contributed by atoms with Crippen LogP contribution in [-0.4, -0.2) is 66.9 Å². The van der Waals surface area contributed by atoms with Gasteiger partial charge in [-0.2, -0.15) is 0 Å². The van der Waals surface area contributed by atoms with Crippen molar-refractivity contribution in [1.82, 2.24) is 14.8 Å². The van der Waals surface area contributed by atoms with Gasteiger partial charge in [0.05, 0.1) is 5.69 Å². The van der Waals surface area contributed by atoms with Crippen LogP contribution in [0.15, 0.2) is 52.6 Å². The number of benzene rings is 1. The number of hydrazone groups is 1. The number of aryl methyl sites for hydroxylation is 1. The van der Waals surface area contributed by atoms with Gasteiger partial charge in [-0.25, -0.2) is 18.4 Å². The van der Waals surface area contributed by atoms with Crippen molar-refractivity contribution in [2.24, 2.45) is 11.0 Å². The Balaban J connectivity index is 1.68. The van der Waals surface area contributed by atoms with E-state index >= 15 is 0 Å². The van der Waals surface area contributed by atoms with Crippen molar-refractivity contribution < 1.29 is 13.2 Å². The van der Waals surface area contributed by atoms with E-state index in [0.717, 1.165) is 25.2 Å². The third kappa shape index (κ3) is 4.20. The van der Waals surface area contributed by atoms with Crippen LogP contribution in [0.25, 0.3) is 0 Å². The third-order valence-corrected chi connectivity index (χ3v) is 7.09. The molecule has 0 aliphatic carbocycles. The van der Waals surface area contributed by atoms with E-state index < -0.39 is 20.8 Å². The predicted molar refractivity (Wildman–Crippen MR) is 120 cm³/mol. The number of rotatable bonds is 4. The number of aromatic nitrogens is 1. The molecule has 9 heteroatoms. The molecule has 2 aliphatic heterocycles. The number of amides is 1. The van der Waals surface area contributed by atoms with Crippen LogP contribution in [0.4, 0.5) is 11.5 Å². The van der Waals surface area contributed by atoms with Crippen LogP contribution >= 0.6 is 0 Å². The Morgan fingerprint density at radius 1 is 1.06 bits per heavy atom. The minimum Gasteiger partial charge on any atom is -0.334 e. The molecule has 0 saturated carbocycles. The number of anilines is 2. The largest absolute Gasteiger partial charge is 0.334 e. The summed E-state index contributed by atoms with van der Waals surface area (Å²) in [7, 11) is -4.07. The molecular weight excluding hydrogens is 414 g/mol. The number of carbonyl (C=O) groups is 1. The third-order valence-electron chi connectivity index (χ3n) is 5.43. The Kier molecular flexibility index (Phi) is 5.81. The molecule has 31 heavy (non-hydrogen) atoms. The van der Waals surface area contributed by atoms with E-state index in [2.05, 4.69) is 28.8 Å². The molecule has 8 nitrogen and oxygen atoms in total. The maximum atomic E-state index is 13.3. The fraction of sp³-hybridized carbons (Fsp3) is 0.409. The SMILES string of the molecule is Cc1ccc(N2N=C(C(=O)N3CCN(CC(C)C)CC3)S(=O)(=O)c3cccnc32)cc1. The number of fused-ring (bicyclic) bond motifs is 1. The molecule has 1 amide bonds. The van der Waals surface area contributed by atoms with Gasteiger partial charge in [-0.1, -0.05) is 31.5 Å². The van der Waals surface area contributed by atoms with E-state index in [0.29, 0.717) is 24.7 Å². The topological polar surface area (TPSA) is 86.2 Å². The van der Waals surface area contributed by atoms with Crippen molar-refractivity contribution in [3.05, 3.63) is 48.2 Å². The molecule has 164 valence electrons. The van der Waals surface area contributed by atoms with Crippen LogP contribution in [-0.2, 0) is 14.6 Å². The van der Waals surface area contributed by atoms with Crippen LogP contribution in [0.5, 0.6) is 0 Å². The minimum absolute atomic E-state index is 0.00707. The van der Waals surface area contributed by atoms with E-state index in [-0.39, 0.29) is 10.7 Å². The van der Waals surface area contributed by atoms with Crippen LogP contribution in [0.1, 0.15) is 19.4 Å². The van der Waals surface area contributed by atoms with Gasteiger partial charge in [0.15, 0.2) is 5.82 Å². The zero-order valence-corrected chi connectivity index (χ0v) is 18.8. The molecule has 0 unspecified atom stereocenters. The Morgan fingerprint density at radius 2 is 1.74 bits per heavy atom. The molecule has 1 saturated heterocycles. The number of carbonyl (C=O) groups excluding carboxylic acids is 1. The summed E-state index contributed by atoms with van der Waals surface area (Å²) in [5.41, 5.74) is 1.71. The summed E-state index contributed by atoms with van der Waals surface area (Å²) in [5.74, 6) is 0.179. The highest BCUT2D eigenvalue weighted by atomic mass is 32.2. The lowest BCUT2D eigenvalue weighted by atomic mass is 10.2. The van der Waals surface area contributed by atoms with Gasteiger partial charge in [-0.15, -0.1) is 5.10 Å². The van der Waals surface area contributed by atoms with Gasteiger partial charge in [-0.3, -0.25) is 9.69 Å². The first-order chi connectivity index (χ1) is 14.8. The molecule has 1 fully saturated rings. The zero-order chi connectivity index (χ0) is 22.2. The first-order valence-electron chi connectivity index (χ1n) is 10.4. The number of sulfone groups is 1. The first kappa shape index (κ1) is 21.5. The highest BCUT2D eigenvalue weighted by molar-refractivity contribution is 8.08. The van der Waals surface area contributed by atoms with Crippen LogP contribution in [0.2, 0.25) is 0 Å². The summed E-state index contributed by atoms with van der Waals surface area (Å²) < 4.78 is 26.5. The Hall–Kier alpha value is -2.78. The summed E-state index contributed by atoms with van der Waals surface area (Å²) in [4.78, 5) is 21.4. The van der Waals surface area contributed by atoms with E-state index in [9.17, 15) is 13.2 Å². The van der Waals surface area contributed by atoms with Crippen LogP contribution in [0.3, 0.4) is 0 Å². The molecule has 0 radical (unpaired) electrons. The highest BCUT2D eigenvalue weighted by Crippen LogP contribution is 2.35. The van der Waals surface area contributed by atoms with E-state index in [1.807, 2.05) is 31.2 Å². The number of hydrogen-bond acceptors (Lipinski definition) is 7. The molecule has 2 aromatic rings. The summed E-state index contributed by atoms with van der Waals surface area (Å²) in [5, 5.41) is 5.30. The zero-order valence-electron chi connectivity index (χ0n) is 18.0. The monoisotopic (exact) mass is 441 g/mol. The molecule has 4 rings (SSSR count). The molecule has 1 aromatic carbocycles. The molecule has 0 atom stereocenters. The van der Waals surface area contributed by atoms with Gasteiger partial charge in [-0.05, 0) is 37.1 Å². The molecule has 3 heterocycles. The fourth-order valence-electron chi connectivity index (χ4n) is 3.86. The lowest BCUT2D eigenvalue weighted by Gasteiger charge is -2.36. The summed E-state index contributed by atoms with van der Waals surface area (Å²) in [6.07, 6.45) is 1.52. The van der Waals surface area contributed by atoms with Gasteiger partial charge in [0.1, 0.15) is 4.90 Å². The summed E-state index contributed by atoms with van der Waals surface area (Å²) in [6, 6.07) is 10.5. The maximum absolute atomic E-state index is 13.3. The van der Waals surface area contributed by atoms with Gasteiger partial charge >= 0.3 is 0 Å². The van der Waals surface area contributed by atoms with Crippen molar-refractivity contribution in [3.63, 3.8) is 0 Å². The van der Waals surface area contributed by atoms with Gasteiger partial charge < -0.3 is 4.90 Å². The number of piperazine rings is 1. The van der Waals surface area contributed by atoms with Crippen molar-refractivity contribution in [2.75, 3.05) is 37.7 Å². The lowest BCUT2D eigenvalue weighted by Crippen LogP contribution is -2.52. The highest BCUT2D eigenvalue weighted by Gasteiger charge is 2.41. The first-order valence-corrected chi connectivity index (χ1v) is 11.9. The average molecular weight is 442 g/mol. The second kappa shape index (κ2) is 8.39. The van der Waals surface area contributed by atoms with Crippen molar-refractivity contribution in [2.45, 2.75) is 25.7 Å². The van der Waals surface area contributed by atoms with Gasteiger partial charge in [0.2, 0.25) is 14.9 Å². The van der Waals surface area contributed by atoms with Crippen molar-refractivity contribution >= 4 is 32.3 Å². The standard InChI is InChI=1S/C22H27N5O3S/c1-16(2)15-25-11-13-26(14-12-25)22(28)21-24-27(18-8-6-17(3)7-9-18)20-19(31(21,29)30)5-4-10-23-20/h4-10,16H,11-15H2,1-3H3. The second-order valence-corrected chi connectivity index (χ2v) is 10.2. The number of pyridine rings is 1. The minimum atomic E-state index is -4.07. The molecular formula is C22H27N5O3S. The quantitative estimate of drug-likeness (QED) is 0.724. The number of nitrogens with zero attached hydrogens (tertiary/aromatic N) is 5. The summed E-state index contributed by atoms with van der Waals surface area (Å²) >= 11 is 0. The predicted octanol–water partition coefficient (Wildman–Crippen LogP) is 2.43. The fourth-order valence-corrected chi connectivity index (χ4v) is 5.25. The van der Waals surface area contributed by atoms with Crippen LogP contribution < -0.4 is 5.01 Å².